The van der Waals surface area contributed by atoms with E-state index in [0.717, 1.165) is 0 Å². The summed E-state index contributed by atoms with van der Waals surface area (Å²) in [5.74, 6) is -0.521. The van der Waals surface area contributed by atoms with E-state index in [1.807, 2.05) is 0 Å². The fourth-order valence-electron chi connectivity index (χ4n) is 1.09. The van der Waals surface area contributed by atoms with Crippen molar-refractivity contribution in [3.8, 4) is 0 Å². The van der Waals surface area contributed by atoms with E-state index in [1.54, 1.807) is 6.08 Å². The van der Waals surface area contributed by atoms with Gasteiger partial charge in [-0.15, -0.1) is 0 Å². The Morgan fingerprint density at radius 2 is 2.42 bits per heavy atom. The van der Waals surface area contributed by atoms with Gasteiger partial charge in [-0.1, -0.05) is 0 Å². The summed E-state index contributed by atoms with van der Waals surface area (Å²) in [6.45, 7) is 0. The average Bonchev–Trinajstić information content (AvgIpc) is 2.49. The fourth-order valence-corrected chi connectivity index (χ4v) is 1.09. The largest absolute Gasteiger partial charge is 0.479 e. The van der Waals surface area contributed by atoms with Gasteiger partial charge in [0, 0.05) is 11.8 Å². The summed E-state index contributed by atoms with van der Waals surface area (Å²) in [7, 11) is 0. The number of rotatable bonds is 1. The van der Waals surface area contributed by atoms with Crippen molar-refractivity contribution in [1.82, 2.24) is 0 Å². The molecule has 0 aromatic rings. The van der Waals surface area contributed by atoms with Crippen LogP contribution >= 0.6 is 0 Å². The van der Waals surface area contributed by atoms with Gasteiger partial charge in [-0.05, 0) is 6.08 Å². The lowest BCUT2D eigenvalue weighted by molar-refractivity contribution is -0.137. The van der Waals surface area contributed by atoms with Crippen molar-refractivity contribution in [2.75, 3.05) is 0 Å². The fraction of sp³-hybridized carbons (Fsp3) is 0.143. The molecule has 0 saturated carbocycles. The van der Waals surface area contributed by atoms with E-state index in [-0.39, 0.29) is 0 Å². The second-order valence-corrected chi connectivity index (χ2v) is 2.36. The number of carbonyl (C=O) groups is 1. The molecule has 2 aliphatic rings. The summed E-state index contributed by atoms with van der Waals surface area (Å²) in [5.41, 5.74) is 0.560. The molecule has 5 heteroatoms. The van der Waals surface area contributed by atoms with Crippen molar-refractivity contribution in [2.45, 2.75) is 6.04 Å². The molecule has 0 spiro atoms. The minimum atomic E-state index is -0.976. The highest BCUT2D eigenvalue weighted by atomic mass is 16.4. The first-order valence-electron chi connectivity index (χ1n) is 3.36. The highest BCUT2D eigenvalue weighted by Crippen LogP contribution is 2.16. The Hall–Kier alpha value is -1.78. The van der Waals surface area contributed by atoms with Crippen molar-refractivity contribution in [1.29, 1.82) is 0 Å². The zero-order valence-corrected chi connectivity index (χ0v) is 6.01. The minimum Gasteiger partial charge on any atom is -0.479 e. The van der Waals surface area contributed by atoms with Gasteiger partial charge in [-0.3, -0.25) is 4.99 Å². The second kappa shape index (κ2) is 2.37. The predicted octanol–water partition coefficient (Wildman–Crippen LogP) is -0.109. The van der Waals surface area contributed by atoms with Crippen molar-refractivity contribution in [2.24, 2.45) is 15.0 Å². The topological polar surface area (TPSA) is 74.4 Å². The van der Waals surface area contributed by atoms with Crippen molar-refractivity contribution >= 4 is 24.4 Å². The number of hydrogen-bond acceptors (Lipinski definition) is 4. The van der Waals surface area contributed by atoms with Crippen LogP contribution in [-0.4, -0.2) is 35.5 Å². The maximum absolute atomic E-state index is 10.6. The van der Waals surface area contributed by atoms with Gasteiger partial charge in [0.05, 0.1) is 0 Å². The highest BCUT2D eigenvalue weighted by Gasteiger charge is 2.28. The average molecular weight is 163 g/mol. The van der Waals surface area contributed by atoms with E-state index >= 15 is 0 Å². The SMILES string of the molecule is O=C(O)[C@@H]1N=CN=C2N=CC=C21. The quantitative estimate of drug-likeness (QED) is 0.585. The molecule has 0 aromatic heterocycles. The first-order valence-corrected chi connectivity index (χ1v) is 3.36. The van der Waals surface area contributed by atoms with Gasteiger partial charge < -0.3 is 5.11 Å². The number of carboxylic acid groups (broad SMARTS) is 1. The molecule has 0 fully saturated rings. The van der Waals surface area contributed by atoms with Crippen LogP contribution in [0.1, 0.15) is 0 Å². The molecule has 0 aliphatic carbocycles. The molecule has 1 atom stereocenters. The van der Waals surface area contributed by atoms with E-state index in [0.29, 0.717) is 11.4 Å². The Bertz CT molecular complexity index is 352. The van der Waals surface area contributed by atoms with Crippen molar-refractivity contribution < 1.29 is 9.90 Å². The Morgan fingerprint density at radius 3 is 3.17 bits per heavy atom. The number of fused-ring (bicyclic) bond motifs is 1. The number of hydrogen-bond donors (Lipinski definition) is 1. The van der Waals surface area contributed by atoms with E-state index < -0.39 is 12.0 Å². The Balaban J connectivity index is 2.39. The van der Waals surface area contributed by atoms with E-state index in [1.165, 1.54) is 12.6 Å². The van der Waals surface area contributed by atoms with Crippen LogP contribution in [0.4, 0.5) is 0 Å². The number of amidine groups is 1. The lowest BCUT2D eigenvalue weighted by atomic mass is 10.1. The maximum atomic E-state index is 10.6. The summed E-state index contributed by atoms with van der Waals surface area (Å²) in [6, 6.07) is -0.833. The standard InChI is InChI=1S/C7H5N3O2/c11-7(12)5-4-1-2-8-6(4)10-3-9-5/h1-3,5H,(H,11,12)/t5-/m1/s1. The van der Waals surface area contributed by atoms with Gasteiger partial charge in [-0.25, -0.2) is 14.8 Å². The highest BCUT2D eigenvalue weighted by molar-refractivity contribution is 6.17. The molecule has 0 saturated heterocycles. The number of allylic oxidation sites excluding steroid dienone is 1. The van der Waals surface area contributed by atoms with Gasteiger partial charge in [0.15, 0.2) is 11.9 Å². The van der Waals surface area contributed by atoms with Gasteiger partial charge >= 0.3 is 5.97 Å². The van der Waals surface area contributed by atoms with Gasteiger partial charge in [0.2, 0.25) is 0 Å². The number of aliphatic carboxylic acids is 1. The zero-order chi connectivity index (χ0) is 8.55. The van der Waals surface area contributed by atoms with Gasteiger partial charge in [0.25, 0.3) is 0 Å². The normalized spacial score (nSPS) is 24.8. The summed E-state index contributed by atoms with van der Waals surface area (Å²) < 4.78 is 0. The molecular weight excluding hydrogens is 158 g/mol. The molecule has 2 rings (SSSR count). The third-order valence-electron chi connectivity index (χ3n) is 1.63. The molecule has 2 heterocycles. The van der Waals surface area contributed by atoms with Crippen LogP contribution in [0.25, 0.3) is 0 Å². The molecule has 0 unspecified atom stereocenters. The molecule has 60 valence electrons. The Morgan fingerprint density at radius 1 is 1.58 bits per heavy atom. The molecule has 0 radical (unpaired) electrons. The van der Waals surface area contributed by atoms with Crippen LogP contribution in [0, 0.1) is 0 Å². The molecule has 5 nitrogen and oxygen atoms in total. The smallest absolute Gasteiger partial charge is 0.333 e. The summed E-state index contributed by atoms with van der Waals surface area (Å²) >= 11 is 0. The Kier molecular flexibility index (Phi) is 1.36. The van der Waals surface area contributed by atoms with Gasteiger partial charge in [0.1, 0.15) is 6.34 Å². The summed E-state index contributed by atoms with van der Waals surface area (Å²) in [4.78, 5) is 22.0. The van der Waals surface area contributed by atoms with Crippen LogP contribution in [-0.2, 0) is 4.79 Å². The predicted molar refractivity (Wildman–Crippen MR) is 43.9 cm³/mol. The van der Waals surface area contributed by atoms with Crippen LogP contribution in [0.5, 0.6) is 0 Å². The molecular formula is C7H5N3O2. The first-order chi connectivity index (χ1) is 5.79. The lowest BCUT2D eigenvalue weighted by Crippen LogP contribution is -2.26. The van der Waals surface area contributed by atoms with Crippen molar-refractivity contribution in [3.63, 3.8) is 0 Å². The van der Waals surface area contributed by atoms with E-state index in [9.17, 15) is 4.79 Å². The minimum absolute atomic E-state index is 0.456. The molecule has 1 N–H and O–H groups in total. The van der Waals surface area contributed by atoms with Crippen LogP contribution < -0.4 is 0 Å². The van der Waals surface area contributed by atoms with Crippen LogP contribution in [0.15, 0.2) is 26.6 Å². The summed E-state index contributed by atoms with van der Waals surface area (Å²) in [6.07, 6.45) is 4.38. The first kappa shape index (κ1) is 6.90. The molecule has 0 aromatic carbocycles. The molecule has 0 amide bonds. The van der Waals surface area contributed by atoms with Gasteiger partial charge in [-0.2, -0.15) is 0 Å². The molecule has 2 aliphatic heterocycles. The monoisotopic (exact) mass is 163 g/mol. The van der Waals surface area contributed by atoms with Crippen LogP contribution in [0.3, 0.4) is 0 Å². The molecule has 12 heavy (non-hydrogen) atoms. The Labute approximate surface area is 67.9 Å². The number of carboxylic acids is 1. The second-order valence-electron chi connectivity index (χ2n) is 2.36. The van der Waals surface area contributed by atoms with Crippen LogP contribution in [0.2, 0.25) is 0 Å². The van der Waals surface area contributed by atoms with Crippen molar-refractivity contribution in [3.05, 3.63) is 11.6 Å². The molecule has 0 bridgehead atoms. The number of nitrogens with zero attached hydrogens (tertiary/aromatic N) is 3. The zero-order valence-electron chi connectivity index (χ0n) is 6.01. The number of aliphatic imine (C=N–C) groups is 3. The lowest BCUT2D eigenvalue weighted by Gasteiger charge is -2.10. The maximum Gasteiger partial charge on any atom is 0.333 e. The third-order valence-corrected chi connectivity index (χ3v) is 1.63. The van der Waals surface area contributed by atoms with E-state index in [2.05, 4.69) is 15.0 Å². The third kappa shape index (κ3) is 0.868. The summed E-state index contributed by atoms with van der Waals surface area (Å²) in [5, 5.41) is 8.72. The van der Waals surface area contributed by atoms with E-state index in [4.69, 9.17) is 5.11 Å².